The van der Waals surface area contributed by atoms with E-state index < -0.39 is 0 Å². The number of hydrogen-bond acceptors (Lipinski definition) is 7. The van der Waals surface area contributed by atoms with Crippen LogP contribution in [0.2, 0.25) is 0 Å². The molecule has 25 heavy (non-hydrogen) atoms. The van der Waals surface area contributed by atoms with Gasteiger partial charge in [-0.25, -0.2) is 9.97 Å². The van der Waals surface area contributed by atoms with Crippen LogP contribution in [0.1, 0.15) is 22.5 Å². The summed E-state index contributed by atoms with van der Waals surface area (Å²) in [5.74, 6) is 0.303. The molecule has 8 nitrogen and oxygen atoms in total. The van der Waals surface area contributed by atoms with Crippen molar-refractivity contribution < 1.29 is 14.3 Å². The highest BCUT2D eigenvalue weighted by atomic mass is 32.1. The number of hydrogen-bond donors (Lipinski definition) is 2. The average molecular weight is 359 g/mol. The summed E-state index contributed by atoms with van der Waals surface area (Å²) in [4.78, 5) is 35.0. The van der Waals surface area contributed by atoms with Gasteiger partial charge in [-0.15, -0.1) is 11.3 Å². The number of rotatable bonds is 4. The predicted molar refractivity (Wildman–Crippen MR) is 92.7 cm³/mol. The summed E-state index contributed by atoms with van der Waals surface area (Å²) in [5.41, 5.74) is 3.56. The van der Waals surface area contributed by atoms with Crippen molar-refractivity contribution in [3.63, 3.8) is 0 Å². The number of anilines is 2. The molecule has 0 spiro atoms. The van der Waals surface area contributed by atoms with Crippen molar-refractivity contribution in [1.29, 1.82) is 0 Å². The first-order valence-electron chi connectivity index (χ1n) is 8.00. The molecule has 0 bridgehead atoms. The van der Waals surface area contributed by atoms with E-state index in [4.69, 9.17) is 4.74 Å². The Hall–Kier alpha value is -2.52. The number of fused-ring (bicyclic) bond motifs is 1. The Bertz CT molecular complexity index is 789. The summed E-state index contributed by atoms with van der Waals surface area (Å²) in [7, 11) is 0. The molecule has 2 aromatic rings. The van der Waals surface area contributed by atoms with Crippen LogP contribution < -0.4 is 15.5 Å². The highest BCUT2D eigenvalue weighted by Gasteiger charge is 2.27. The summed E-state index contributed by atoms with van der Waals surface area (Å²) in [5, 5.41) is 7.83. The van der Waals surface area contributed by atoms with Crippen molar-refractivity contribution in [3.8, 4) is 0 Å². The van der Waals surface area contributed by atoms with Gasteiger partial charge in [0.25, 0.3) is 5.91 Å². The number of nitrogens with zero attached hydrogens (tertiary/aromatic N) is 3. The second-order valence-corrected chi connectivity index (χ2v) is 6.66. The fourth-order valence-corrected chi connectivity index (χ4v) is 3.43. The lowest BCUT2D eigenvalue weighted by atomic mass is 10.1. The van der Waals surface area contributed by atoms with Gasteiger partial charge in [0.1, 0.15) is 0 Å². The molecule has 2 N–H and O–H groups in total. The van der Waals surface area contributed by atoms with Gasteiger partial charge >= 0.3 is 0 Å². The number of carbonyl (C=O) groups is 2. The number of ether oxygens (including phenoxy) is 1. The predicted octanol–water partition coefficient (Wildman–Crippen LogP) is 1.02. The highest BCUT2D eigenvalue weighted by Crippen LogP contribution is 2.29. The first-order chi connectivity index (χ1) is 12.2. The fourth-order valence-electron chi connectivity index (χ4n) is 2.88. The summed E-state index contributed by atoms with van der Waals surface area (Å²) in [6, 6.07) is 1.72. The molecular formula is C16H17N5O3S. The minimum Gasteiger partial charge on any atom is -0.379 e. The van der Waals surface area contributed by atoms with Crippen molar-refractivity contribution >= 4 is 34.7 Å². The second-order valence-electron chi connectivity index (χ2n) is 5.94. The van der Waals surface area contributed by atoms with Gasteiger partial charge in [-0.2, -0.15) is 0 Å². The zero-order valence-electron chi connectivity index (χ0n) is 13.4. The zero-order valence-corrected chi connectivity index (χ0v) is 14.2. The van der Waals surface area contributed by atoms with Gasteiger partial charge in [0.2, 0.25) is 5.91 Å². The largest absolute Gasteiger partial charge is 0.379 e. The normalized spacial score (nSPS) is 19.4. The van der Waals surface area contributed by atoms with Gasteiger partial charge < -0.3 is 20.3 Å². The third kappa shape index (κ3) is 3.33. The minimum atomic E-state index is -0.211. The lowest BCUT2D eigenvalue weighted by Crippen LogP contribution is -2.40. The number of nitrogens with one attached hydrogen (secondary N) is 2. The monoisotopic (exact) mass is 359 g/mol. The minimum absolute atomic E-state index is 0.0226. The van der Waals surface area contributed by atoms with Crippen LogP contribution in [0, 0.1) is 0 Å². The van der Waals surface area contributed by atoms with E-state index in [1.807, 2.05) is 5.38 Å². The third-order valence-electron chi connectivity index (χ3n) is 4.20. The second kappa shape index (κ2) is 6.77. The molecule has 4 heterocycles. The Labute approximate surface area is 148 Å². The number of aromatic nitrogens is 2. The molecule has 0 aromatic carbocycles. The lowest BCUT2D eigenvalue weighted by Gasteiger charge is -2.29. The number of thiazole rings is 1. The maximum Gasteiger partial charge on any atom is 0.253 e. The fraction of sp³-hybridized carbons (Fsp3) is 0.375. The van der Waals surface area contributed by atoms with E-state index in [0.717, 1.165) is 12.1 Å². The Morgan fingerprint density at radius 3 is 3.16 bits per heavy atom. The molecule has 2 aromatic heterocycles. The van der Waals surface area contributed by atoms with E-state index in [0.29, 0.717) is 36.8 Å². The van der Waals surface area contributed by atoms with Crippen LogP contribution in [0.4, 0.5) is 11.5 Å². The first-order valence-corrected chi connectivity index (χ1v) is 8.95. The van der Waals surface area contributed by atoms with Crippen molar-refractivity contribution in [3.05, 3.63) is 34.4 Å². The van der Waals surface area contributed by atoms with E-state index in [1.54, 1.807) is 16.5 Å². The zero-order chi connectivity index (χ0) is 17.2. The maximum absolute atomic E-state index is 12.5. The summed E-state index contributed by atoms with van der Waals surface area (Å²) in [6.07, 6.45) is 2.33. The van der Waals surface area contributed by atoms with E-state index in [2.05, 4.69) is 20.6 Å². The molecule has 9 heteroatoms. The Morgan fingerprint density at radius 1 is 1.48 bits per heavy atom. The first kappa shape index (κ1) is 16.0. The van der Waals surface area contributed by atoms with Crippen molar-refractivity contribution in [2.45, 2.75) is 19.0 Å². The molecule has 1 fully saturated rings. The van der Waals surface area contributed by atoms with Gasteiger partial charge in [0.15, 0.2) is 5.82 Å². The molecule has 0 aliphatic carbocycles. The van der Waals surface area contributed by atoms with Gasteiger partial charge in [0, 0.05) is 18.2 Å². The molecule has 4 rings (SSSR count). The number of amides is 2. The molecule has 130 valence electrons. The van der Waals surface area contributed by atoms with Crippen molar-refractivity contribution in [1.82, 2.24) is 15.3 Å². The maximum atomic E-state index is 12.5. The number of carbonyl (C=O) groups excluding carboxylic acids is 2. The van der Waals surface area contributed by atoms with E-state index in [9.17, 15) is 9.59 Å². The highest BCUT2D eigenvalue weighted by molar-refractivity contribution is 7.07. The summed E-state index contributed by atoms with van der Waals surface area (Å²) in [6.45, 7) is 1.72. The van der Waals surface area contributed by atoms with Crippen molar-refractivity contribution in [2.75, 3.05) is 30.0 Å². The molecule has 2 aliphatic heterocycles. The van der Waals surface area contributed by atoms with Crippen molar-refractivity contribution in [2.24, 2.45) is 0 Å². The van der Waals surface area contributed by atoms with E-state index in [-0.39, 0.29) is 24.4 Å². The lowest BCUT2D eigenvalue weighted by molar-refractivity contribution is -0.117. The van der Waals surface area contributed by atoms with Gasteiger partial charge in [-0.05, 0) is 12.5 Å². The van der Waals surface area contributed by atoms with Crippen LogP contribution in [0.3, 0.4) is 0 Å². The molecule has 2 amide bonds. The molecule has 2 aliphatic rings. The molecule has 0 saturated carbocycles. The van der Waals surface area contributed by atoms with Crippen LogP contribution in [-0.2, 0) is 16.1 Å². The van der Waals surface area contributed by atoms with Crippen LogP contribution in [-0.4, -0.2) is 47.6 Å². The standard InChI is InChI=1S/C16H17N5O3S/c22-14-5-18-15-13(21(14)6-12-8-25-9-19-12)3-10(4-17-15)16(23)20-11-1-2-24-7-11/h3-4,8-9,11H,1-2,5-7H2,(H,17,18)(H,20,23). The smallest absolute Gasteiger partial charge is 0.253 e. The average Bonchev–Trinajstić information content (AvgIpc) is 3.31. The molecule has 1 saturated heterocycles. The quantitative estimate of drug-likeness (QED) is 0.846. The van der Waals surface area contributed by atoms with Crippen LogP contribution in [0.25, 0.3) is 0 Å². The summed E-state index contributed by atoms with van der Waals surface area (Å²) < 4.78 is 5.28. The Kier molecular flexibility index (Phi) is 4.33. The topological polar surface area (TPSA) is 96.4 Å². The van der Waals surface area contributed by atoms with Crippen LogP contribution in [0.15, 0.2) is 23.2 Å². The van der Waals surface area contributed by atoms with E-state index >= 15 is 0 Å². The summed E-state index contributed by atoms with van der Waals surface area (Å²) >= 11 is 1.48. The molecule has 1 unspecified atom stereocenters. The third-order valence-corrected chi connectivity index (χ3v) is 4.83. The Balaban J connectivity index is 1.59. The molecule has 1 atom stereocenters. The van der Waals surface area contributed by atoms with Gasteiger partial charge in [-0.3, -0.25) is 9.59 Å². The van der Waals surface area contributed by atoms with Crippen LogP contribution >= 0.6 is 11.3 Å². The number of pyridine rings is 1. The van der Waals surface area contributed by atoms with Gasteiger partial charge in [0.05, 0.1) is 48.2 Å². The van der Waals surface area contributed by atoms with Crippen LogP contribution in [0.5, 0.6) is 0 Å². The molecular weight excluding hydrogens is 342 g/mol. The van der Waals surface area contributed by atoms with Gasteiger partial charge in [-0.1, -0.05) is 0 Å². The SMILES string of the molecule is O=C(NC1CCOC1)c1cnc2c(c1)N(Cc1cscn1)C(=O)CN2. The molecule has 0 radical (unpaired) electrons. The van der Waals surface area contributed by atoms with E-state index in [1.165, 1.54) is 17.5 Å². The Morgan fingerprint density at radius 2 is 2.40 bits per heavy atom.